The zero-order valence-electron chi connectivity index (χ0n) is 57.3. The summed E-state index contributed by atoms with van der Waals surface area (Å²) >= 11 is 0. The minimum Gasteiger partial charge on any atom is -0.382 e. The number of hydrogen-bond donors (Lipinski definition) is 3. The van der Waals surface area contributed by atoms with E-state index in [0.29, 0.717) is 277 Å². The molecule has 0 unspecified atom stereocenters. The molecule has 0 atom stereocenters. The maximum absolute atomic E-state index is 13.4. The SMILES string of the molecule is COCCOCCOCCOCCOCCOCCOCCOCCOCCOCCOCCOCCC(=O)NCCN(CCNC(=O)CCOCCOCCOCCOCCOCCOCCOCCOCCOCCOCCOCCOC)C(=O)c1cnc(C(N)=O)cn1. The van der Waals surface area contributed by atoms with Crippen LogP contribution in [0.15, 0.2) is 12.4 Å². The molecule has 4 amide bonds. The van der Waals surface area contributed by atoms with Gasteiger partial charge in [-0.25, -0.2) is 9.97 Å². The maximum atomic E-state index is 13.4. The minimum absolute atomic E-state index is 0.0456. The van der Waals surface area contributed by atoms with Gasteiger partial charge in [0.1, 0.15) is 11.4 Å². The van der Waals surface area contributed by atoms with Crippen LogP contribution < -0.4 is 16.4 Å². The van der Waals surface area contributed by atoms with Crippen molar-refractivity contribution >= 4 is 23.6 Å². The predicted octanol–water partition coefficient (Wildman–Crippen LogP) is -1.31. The van der Waals surface area contributed by atoms with Crippen LogP contribution in [-0.4, -0.2) is 383 Å². The molecule has 0 aromatic carbocycles. The van der Waals surface area contributed by atoms with Crippen molar-refractivity contribution in [3.05, 3.63) is 23.8 Å². The summed E-state index contributed by atoms with van der Waals surface area (Å²) in [7, 11) is 3.27. The van der Waals surface area contributed by atoms with Gasteiger partial charge in [0, 0.05) is 53.2 Å². The Morgan fingerprint density at radius 2 is 0.469 bits per heavy atom. The van der Waals surface area contributed by atoms with Crippen LogP contribution in [0.5, 0.6) is 0 Å². The smallest absolute Gasteiger partial charge is 0.274 e. The summed E-state index contributed by atoms with van der Waals surface area (Å²) in [4.78, 5) is 59.4. The average molecular weight is 1390 g/mol. The molecule has 0 radical (unpaired) electrons. The summed E-state index contributed by atoms with van der Waals surface area (Å²) in [6.07, 6.45) is 2.42. The number of ether oxygens (including phenoxy) is 24. The van der Waals surface area contributed by atoms with Crippen molar-refractivity contribution in [2.75, 3.05) is 344 Å². The Kier molecular flexibility index (Phi) is 70.5. The summed E-state index contributed by atoms with van der Waals surface area (Å²) in [5, 5.41) is 5.54. The molecule has 1 aromatic heterocycles. The van der Waals surface area contributed by atoms with Gasteiger partial charge < -0.3 is 135 Å². The lowest BCUT2D eigenvalue weighted by atomic mass is 10.3. The van der Waals surface area contributed by atoms with Gasteiger partial charge in [0.25, 0.3) is 11.8 Å². The molecule has 0 spiro atoms. The Balaban J connectivity index is 1.96. The maximum Gasteiger partial charge on any atom is 0.274 e. The summed E-state index contributed by atoms with van der Waals surface area (Å²) < 4.78 is 130. The minimum atomic E-state index is -0.793. The zero-order valence-corrected chi connectivity index (χ0v) is 57.3. The van der Waals surface area contributed by atoms with Gasteiger partial charge in [-0.05, 0) is 0 Å². The second-order valence-electron chi connectivity index (χ2n) is 19.6. The summed E-state index contributed by atoms with van der Waals surface area (Å²) in [6, 6.07) is 0. The van der Waals surface area contributed by atoms with Crippen LogP contribution in [0.1, 0.15) is 33.8 Å². The summed E-state index contributed by atoms with van der Waals surface area (Å²) in [5.41, 5.74) is 5.12. The number of primary amides is 1. The van der Waals surface area contributed by atoms with Gasteiger partial charge in [-0.1, -0.05) is 0 Å². The number of methoxy groups -OCH3 is 2. The molecule has 34 heteroatoms. The fourth-order valence-electron chi connectivity index (χ4n) is 7.10. The topological polar surface area (TPSA) is 369 Å². The quantitative estimate of drug-likeness (QED) is 0.0637. The molecule has 0 aliphatic carbocycles. The van der Waals surface area contributed by atoms with E-state index >= 15 is 0 Å². The molecule has 96 heavy (non-hydrogen) atoms. The van der Waals surface area contributed by atoms with E-state index in [9.17, 15) is 19.2 Å². The third kappa shape index (κ3) is 65.9. The number of carbonyl (C=O) groups is 4. The molecular formula is C62H116N6O28. The lowest BCUT2D eigenvalue weighted by Crippen LogP contribution is -2.43. The van der Waals surface area contributed by atoms with Crippen molar-refractivity contribution in [2.45, 2.75) is 12.8 Å². The molecule has 0 aliphatic rings. The van der Waals surface area contributed by atoms with E-state index in [0.717, 1.165) is 12.4 Å². The van der Waals surface area contributed by atoms with Crippen LogP contribution in [0, 0.1) is 0 Å². The molecule has 562 valence electrons. The number of amides is 4. The number of nitrogens with two attached hydrogens (primary N) is 1. The first kappa shape index (κ1) is 90.0. The fraction of sp³-hybridized carbons (Fsp3) is 0.871. The van der Waals surface area contributed by atoms with Crippen molar-refractivity contribution in [1.29, 1.82) is 0 Å². The van der Waals surface area contributed by atoms with Crippen molar-refractivity contribution in [3.63, 3.8) is 0 Å². The van der Waals surface area contributed by atoms with E-state index in [1.165, 1.54) is 4.90 Å². The average Bonchev–Trinajstić information content (AvgIpc) is 1.09. The van der Waals surface area contributed by atoms with Crippen LogP contribution in [-0.2, 0) is 123 Å². The first-order chi connectivity index (χ1) is 47.4. The Labute approximate surface area is 567 Å². The Morgan fingerprint density at radius 3 is 0.646 bits per heavy atom. The third-order valence-corrected chi connectivity index (χ3v) is 12.1. The Hall–Kier alpha value is -4.00. The van der Waals surface area contributed by atoms with E-state index in [-0.39, 0.29) is 88.7 Å². The van der Waals surface area contributed by atoms with Crippen LogP contribution >= 0.6 is 0 Å². The van der Waals surface area contributed by atoms with Crippen LogP contribution in [0.4, 0.5) is 0 Å². The Morgan fingerprint density at radius 1 is 0.292 bits per heavy atom. The normalized spacial score (nSPS) is 11.5. The predicted molar refractivity (Wildman–Crippen MR) is 343 cm³/mol. The molecule has 1 heterocycles. The number of rotatable bonds is 80. The van der Waals surface area contributed by atoms with E-state index in [2.05, 4.69) is 20.6 Å². The number of hydrogen-bond acceptors (Lipinski definition) is 30. The Bertz CT molecular complexity index is 1740. The van der Waals surface area contributed by atoms with Gasteiger partial charge in [-0.2, -0.15) is 0 Å². The van der Waals surface area contributed by atoms with Gasteiger partial charge in [0.2, 0.25) is 11.8 Å². The summed E-state index contributed by atoms with van der Waals surface area (Å²) in [6.45, 7) is 20.8. The lowest BCUT2D eigenvalue weighted by Gasteiger charge is -2.23. The van der Waals surface area contributed by atoms with E-state index in [1.54, 1.807) is 14.2 Å². The summed E-state index contributed by atoms with van der Waals surface area (Å²) in [5.74, 6) is -1.89. The second kappa shape index (κ2) is 75.2. The molecule has 0 fully saturated rings. The highest BCUT2D eigenvalue weighted by molar-refractivity contribution is 5.94. The van der Waals surface area contributed by atoms with Crippen molar-refractivity contribution < 1.29 is 133 Å². The molecular weight excluding hydrogens is 1280 g/mol. The molecule has 0 bridgehead atoms. The molecule has 34 nitrogen and oxygen atoms in total. The number of nitrogens with zero attached hydrogens (tertiary/aromatic N) is 3. The number of aromatic nitrogens is 2. The van der Waals surface area contributed by atoms with E-state index in [4.69, 9.17) is 119 Å². The highest BCUT2D eigenvalue weighted by atomic mass is 16.6. The molecule has 4 N–H and O–H groups in total. The number of carbonyl (C=O) groups excluding carboxylic acids is 4. The van der Waals surface area contributed by atoms with Crippen molar-refractivity contribution in [2.24, 2.45) is 5.73 Å². The molecule has 1 aromatic rings. The molecule has 1 rings (SSSR count). The molecule has 0 saturated heterocycles. The van der Waals surface area contributed by atoms with Gasteiger partial charge in [0.05, 0.1) is 316 Å². The largest absolute Gasteiger partial charge is 0.382 e. The zero-order chi connectivity index (χ0) is 69.0. The third-order valence-electron chi connectivity index (χ3n) is 12.1. The molecule has 0 saturated carbocycles. The number of nitrogens with one attached hydrogen (secondary N) is 2. The van der Waals surface area contributed by atoms with E-state index < -0.39 is 11.8 Å². The van der Waals surface area contributed by atoms with E-state index in [1.807, 2.05) is 0 Å². The highest BCUT2D eigenvalue weighted by Gasteiger charge is 2.19. The van der Waals surface area contributed by atoms with Crippen LogP contribution in [0.3, 0.4) is 0 Å². The second-order valence-corrected chi connectivity index (χ2v) is 19.6. The fourth-order valence-corrected chi connectivity index (χ4v) is 7.10. The first-order valence-corrected chi connectivity index (χ1v) is 33.0. The standard InChI is InChI=1S/C62H116N6O28/c1-73-11-13-77-19-21-81-27-29-85-35-37-89-43-45-93-51-53-95-49-47-91-41-39-87-33-31-83-25-23-79-17-15-75-9-3-59(69)64-5-7-68(62(72)58-56-66-57(55-67-58)61(63)71)8-6-65-60(70)4-10-76-16-18-80-24-26-84-32-34-88-40-42-92-48-50-96-54-52-94-46-44-90-38-36-86-30-28-82-22-20-78-14-12-74-2/h55-56H,3-54H2,1-2H3,(H2,63,71)(H,64,69)(H,65,70). The van der Waals surface area contributed by atoms with Crippen molar-refractivity contribution in [3.8, 4) is 0 Å². The van der Waals surface area contributed by atoms with Gasteiger partial charge in [0.15, 0.2) is 0 Å². The van der Waals surface area contributed by atoms with Gasteiger partial charge >= 0.3 is 0 Å². The van der Waals surface area contributed by atoms with Crippen LogP contribution in [0.25, 0.3) is 0 Å². The van der Waals surface area contributed by atoms with Gasteiger partial charge in [-0.3, -0.25) is 19.2 Å². The first-order valence-electron chi connectivity index (χ1n) is 33.0. The van der Waals surface area contributed by atoms with Crippen molar-refractivity contribution in [1.82, 2.24) is 25.5 Å². The van der Waals surface area contributed by atoms with Gasteiger partial charge in [-0.15, -0.1) is 0 Å². The monoisotopic (exact) mass is 1390 g/mol. The molecule has 0 aliphatic heterocycles. The lowest BCUT2D eigenvalue weighted by molar-refractivity contribution is -0.123. The highest BCUT2D eigenvalue weighted by Crippen LogP contribution is 2.03. The van der Waals surface area contributed by atoms with Crippen LogP contribution in [0.2, 0.25) is 0 Å².